The number of nitrogens with two attached hydrogens (primary N) is 1. The molecule has 0 fully saturated rings. The summed E-state index contributed by atoms with van der Waals surface area (Å²) in [6.07, 6.45) is 0. The van der Waals surface area contributed by atoms with Crippen LogP contribution in [-0.2, 0) is 9.05 Å². The fourth-order valence-corrected chi connectivity index (χ4v) is 3.32. The maximum absolute atomic E-state index is 11.5. The minimum Gasteiger partial charge on any atom is -0.397 e. The largest absolute Gasteiger partial charge is 0.397 e. The molecule has 0 saturated carbocycles. The van der Waals surface area contributed by atoms with Gasteiger partial charge in [-0.1, -0.05) is 12.1 Å². The maximum atomic E-state index is 11.5. The Balaban J connectivity index is 2.13. The first kappa shape index (κ1) is 20.1. The van der Waals surface area contributed by atoms with Crippen LogP contribution in [0.4, 0.5) is 28.4 Å². The molecule has 0 aliphatic heterocycles. The fourth-order valence-electron chi connectivity index (χ4n) is 2.53. The van der Waals surface area contributed by atoms with Gasteiger partial charge in [-0.15, -0.1) is 10.2 Å². The van der Waals surface area contributed by atoms with E-state index in [1.807, 2.05) is 0 Å². The summed E-state index contributed by atoms with van der Waals surface area (Å²) in [4.78, 5) is 20.3. The van der Waals surface area contributed by atoms with E-state index in [9.17, 15) is 28.6 Å². The van der Waals surface area contributed by atoms with Gasteiger partial charge in [-0.25, -0.2) is 8.42 Å². The first-order valence-electron chi connectivity index (χ1n) is 7.69. The molecule has 0 atom stereocenters. The van der Waals surface area contributed by atoms with Crippen LogP contribution in [0.15, 0.2) is 63.7 Å². The zero-order chi connectivity index (χ0) is 21.3. The Morgan fingerprint density at radius 2 is 1.66 bits per heavy atom. The number of nitrogens with zero attached hydrogens (tertiary/aromatic N) is 4. The highest BCUT2D eigenvalue weighted by atomic mass is 35.7. The van der Waals surface area contributed by atoms with Gasteiger partial charge in [0.25, 0.3) is 14.7 Å². The third kappa shape index (κ3) is 4.12. The summed E-state index contributed by atoms with van der Waals surface area (Å²) >= 11 is 0. The quantitative estimate of drug-likeness (QED) is 0.201. The number of rotatable bonds is 5. The first-order chi connectivity index (χ1) is 13.6. The second kappa shape index (κ2) is 7.41. The Labute approximate surface area is 167 Å². The monoisotopic (exact) mass is 435 g/mol. The van der Waals surface area contributed by atoms with Crippen molar-refractivity contribution in [3.05, 3.63) is 68.8 Å². The molecule has 0 spiro atoms. The molecule has 29 heavy (non-hydrogen) atoms. The van der Waals surface area contributed by atoms with Gasteiger partial charge in [0.1, 0.15) is 5.69 Å². The van der Waals surface area contributed by atoms with Gasteiger partial charge in [-0.2, -0.15) is 0 Å². The zero-order valence-corrected chi connectivity index (χ0v) is 15.8. The highest BCUT2D eigenvalue weighted by Crippen LogP contribution is 2.37. The lowest BCUT2D eigenvalue weighted by Crippen LogP contribution is -1.93. The maximum Gasteiger partial charge on any atom is 0.303 e. The molecular formula is C16H10ClN5O6S. The van der Waals surface area contributed by atoms with Gasteiger partial charge in [0.05, 0.1) is 26.5 Å². The summed E-state index contributed by atoms with van der Waals surface area (Å²) in [7, 11) is 1.41. The number of hydrogen-bond donors (Lipinski definition) is 1. The van der Waals surface area contributed by atoms with Crippen molar-refractivity contribution in [3.63, 3.8) is 0 Å². The minimum atomic E-state index is -3.94. The number of halogens is 1. The topological polar surface area (TPSA) is 171 Å². The molecule has 0 radical (unpaired) electrons. The number of hydrogen-bond acceptors (Lipinski definition) is 9. The van der Waals surface area contributed by atoms with Gasteiger partial charge < -0.3 is 5.73 Å². The molecule has 3 rings (SSSR count). The molecule has 0 saturated heterocycles. The van der Waals surface area contributed by atoms with Crippen LogP contribution in [0.3, 0.4) is 0 Å². The van der Waals surface area contributed by atoms with Crippen molar-refractivity contribution in [2.24, 2.45) is 10.2 Å². The smallest absolute Gasteiger partial charge is 0.303 e. The molecule has 0 aliphatic rings. The molecule has 0 unspecified atom stereocenters. The van der Waals surface area contributed by atoms with Crippen LogP contribution in [0, 0.1) is 20.2 Å². The molecule has 11 nitrogen and oxygen atoms in total. The minimum absolute atomic E-state index is 0.120. The van der Waals surface area contributed by atoms with Crippen LogP contribution in [0.1, 0.15) is 0 Å². The van der Waals surface area contributed by atoms with Crippen molar-refractivity contribution >= 4 is 58.9 Å². The van der Waals surface area contributed by atoms with E-state index in [-0.39, 0.29) is 22.0 Å². The highest BCUT2D eigenvalue weighted by molar-refractivity contribution is 8.13. The predicted molar refractivity (Wildman–Crippen MR) is 105 cm³/mol. The van der Waals surface area contributed by atoms with E-state index in [0.29, 0.717) is 10.8 Å². The van der Waals surface area contributed by atoms with E-state index in [1.54, 1.807) is 6.07 Å². The molecule has 3 aromatic rings. The lowest BCUT2D eigenvalue weighted by atomic mass is 10.1. The van der Waals surface area contributed by atoms with E-state index in [0.717, 1.165) is 18.2 Å². The van der Waals surface area contributed by atoms with Gasteiger partial charge >= 0.3 is 5.69 Å². The summed E-state index contributed by atoms with van der Waals surface area (Å²) in [5.41, 5.74) is 4.98. The van der Waals surface area contributed by atoms with Crippen molar-refractivity contribution in [3.8, 4) is 0 Å². The molecule has 0 heterocycles. The zero-order valence-electron chi connectivity index (χ0n) is 14.2. The molecule has 13 heteroatoms. The summed E-state index contributed by atoms with van der Waals surface area (Å²) in [5, 5.41) is 30.7. The number of fused-ring (bicyclic) bond motifs is 1. The van der Waals surface area contributed by atoms with Crippen LogP contribution in [0.25, 0.3) is 10.8 Å². The van der Waals surface area contributed by atoms with Gasteiger partial charge in [-0.05, 0) is 29.7 Å². The van der Waals surface area contributed by atoms with E-state index in [4.69, 9.17) is 16.4 Å². The number of azo groups is 1. The molecule has 0 aromatic heterocycles. The molecular weight excluding hydrogens is 426 g/mol. The molecule has 3 aromatic carbocycles. The predicted octanol–water partition coefficient (Wildman–Crippen LogP) is 4.58. The van der Waals surface area contributed by atoms with Crippen molar-refractivity contribution in [1.82, 2.24) is 0 Å². The number of nitrogen functional groups attached to an aromatic ring is 1. The van der Waals surface area contributed by atoms with Crippen LogP contribution >= 0.6 is 10.7 Å². The van der Waals surface area contributed by atoms with E-state index >= 15 is 0 Å². The number of nitro benzene ring substituents is 2. The van der Waals surface area contributed by atoms with Crippen molar-refractivity contribution < 1.29 is 18.3 Å². The van der Waals surface area contributed by atoms with Gasteiger partial charge in [-0.3, -0.25) is 20.2 Å². The van der Waals surface area contributed by atoms with Crippen LogP contribution in [0.2, 0.25) is 0 Å². The molecule has 0 aliphatic carbocycles. The van der Waals surface area contributed by atoms with Crippen LogP contribution in [0.5, 0.6) is 0 Å². The first-order valence-corrected chi connectivity index (χ1v) is 10.0. The Bertz CT molecular complexity index is 1310. The van der Waals surface area contributed by atoms with Crippen molar-refractivity contribution in [2.75, 3.05) is 5.73 Å². The average molecular weight is 436 g/mol. The molecule has 0 amide bonds. The lowest BCUT2D eigenvalue weighted by Gasteiger charge is -2.06. The number of nitro groups is 2. The number of non-ortho nitro benzene ring substituents is 1. The number of benzene rings is 3. The summed E-state index contributed by atoms with van der Waals surface area (Å²) in [5.74, 6) is 0. The molecule has 148 valence electrons. The molecule has 0 bridgehead atoms. The third-order valence-corrected chi connectivity index (χ3v) is 5.25. The standard InChI is InChI=1S/C16H10ClN5O6S/c17-29(27,28)11-3-4-12-9(7-11)1-5-13(18)16(12)20-19-14-6-2-10(21(23)24)8-15(14)22(25)26/h1-8H,18H2. The second-order valence-electron chi connectivity index (χ2n) is 5.71. The van der Waals surface area contributed by atoms with E-state index in [1.165, 1.54) is 24.3 Å². The van der Waals surface area contributed by atoms with Crippen LogP contribution < -0.4 is 5.73 Å². The number of anilines is 1. The second-order valence-corrected chi connectivity index (χ2v) is 8.28. The van der Waals surface area contributed by atoms with Crippen molar-refractivity contribution in [1.29, 1.82) is 0 Å². The van der Waals surface area contributed by atoms with E-state index < -0.39 is 30.3 Å². The Morgan fingerprint density at radius 1 is 0.931 bits per heavy atom. The van der Waals surface area contributed by atoms with Crippen LogP contribution in [-0.4, -0.2) is 18.3 Å². The Morgan fingerprint density at radius 3 is 2.28 bits per heavy atom. The van der Waals surface area contributed by atoms with Gasteiger partial charge in [0.2, 0.25) is 0 Å². The highest BCUT2D eigenvalue weighted by Gasteiger charge is 2.20. The Kier molecular flexibility index (Phi) is 5.14. The fraction of sp³-hybridized carbons (Fsp3) is 0. The van der Waals surface area contributed by atoms with Gasteiger partial charge in [0, 0.05) is 22.1 Å². The molecule has 2 N–H and O–H groups in total. The summed E-state index contributed by atoms with van der Waals surface area (Å²) in [6, 6.07) is 9.97. The van der Waals surface area contributed by atoms with E-state index in [2.05, 4.69) is 10.2 Å². The lowest BCUT2D eigenvalue weighted by molar-refractivity contribution is -0.393. The normalized spacial score (nSPS) is 11.8. The average Bonchev–Trinajstić information content (AvgIpc) is 2.65. The van der Waals surface area contributed by atoms with Gasteiger partial charge in [0.15, 0.2) is 5.69 Å². The summed E-state index contributed by atoms with van der Waals surface area (Å²) < 4.78 is 23.0. The third-order valence-electron chi connectivity index (χ3n) is 3.90. The summed E-state index contributed by atoms with van der Waals surface area (Å²) in [6.45, 7) is 0. The Hall–Kier alpha value is -3.64. The van der Waals surface area contributed by atoms with Crippen molar-refractivity contribution in [2.45, 2.75) is 4.90 Å². The SMILES string of the molecule is Nc1ccc2cc(S(=O)(=O)Cl)ccc2c1N=Nc1ccc([N+](=O)[O-])cc1[N+](=O)[O-].